The first-order valence-corrected chi connectivity index (χ1v) is 48.9. The van der Waals surface area contributed by atoms with Crippen molar-refractivity contribution in [2.24, 2.45) is 17.8 Å². The molecule has 0 aliphatic carbocycles. The van der Waals surface area contributed by atoms with Crippen LogP contribution in [0.25, 0.3) is 0 Å². The molecule has 0 radical (unpaired) electrons. The van der Waals surface area contributed by atoms with Gasteiger partial charge in [0.25, 0.3) is 0 Å². The summed E-state index contributed by atoms with van der Waals surface area (Å²) in [6.07, 6.45) is 70.6. The van der Waals surface area contributed by atoms with Crippen molar-refractivity contribution in [2.75, 3.05) is 39.6 Å². The number of carbonyl (C=O) groups excluding carboxylic acids is 4. The third-order valence-electron chi connectivity index (χ3n) is 21.2. The van der Waals surface area contributed by atoms with Crippen LogP contribution >= 0.6 is 15.6 Å². The van der Waals surface area contributed by atoms with E-state index in [0.29, 0.717) is 25.7 Å². The minimum atomic E-state index is -4.97. The van der Waals surface area contributed by atoms with Crippen LogP contribution in [-0.4, -0.2) is 96.7 Å². The Balaban J connectivity index is 5.26. The summed E-state index contributed by atoms with van der Waals surface area (Å²) >= 11 is 0. The molecule has 0 saturated heterocycles. The van der Waals surface area contributed by atoms with Crippen LogP contribution in [0.2, 0.25) is 0 Å². The SMILES string of the molecule is CCCCCCCCCCCCCCCC(=O)OC[C@H](COP(=O)(O)OC[C@H](O)COP(=O)(O)OC[C@@H](COC(=O)CCCCCCCCCCCCCCCCC(C)CC)OC(=O)CCCCCCCCCCCCCCCCCCCCC(C)C)OC(=O)CCCCCCCCCCCCCCCC(C)C. The third kappa shape index (κ3) is 80.7. The maximum absolute atomic E-state index is 13.2. The molecule has 0 aromatic rings. The van der Waals surface area contributed by atoms with E-state index in [0.717, 1.165) is 108 Å². The highest BCUT2D eigenvalue weighted by atomic mass is 31.2. The summed E-state index contributed by atoms with van der Waals surface area (Å²) in [7, 11) is -9.93. The Morgan fingerprint density at radius 1 is 0.269 bits per heavy atom. The van der Waals surface area contributed by atoms with E-state index in [1.54, 1.807) is 0 Å². The van der Waals surface area contributed by atoms with Crippen molar-refractivity contribution in [3.63, 3.8) is 0 Å². The van der Waals surface area contributed by atoms with Crippen LogP contribution in [0.5, 0.6) is 0 Å². The van der Waals surface area contributed by atoms with Crippen molar-refractivity contribution in [1.29, 1.82) is 0 Å². The van der Waals surface area contributed by atoms with Crippen LogP contribution in [0.1, 0.15) is 472 Å². The molecule has 0 rings (SSSR count). The lowest BCUT2D eigenvalue weighted by atomic mass is 9.99. The molecule has 0 aromatic heterocycles. The van der Waals surface area contributed by atoms with Gasteiger partial charge in [0.2, 0.25) is 0 Å². The monoisotopic (exact) mass is 1580 g/mol. The fourth-order valence-electron chi connectivity index (χ4n) is 13.9. The summed E-state index contributed by atoms with van der Waals surface area (Å²) in [4.78, 5) is 73.4. The van der Waals surface area contributed by atoms with Crippen LogP contribution < -0.4 is 0 Å². The topological polar surface area (TPSA) is 237 Å². The quantitative estimate of drug-likeness (QED) is 0.0222. The van der Waals surface area contributed by atoms with Gasteiger partial charge in [-0.15, -0.1) is 0 Å². The lowest BCUT2D eigenvalue weighted by Crippen LogP contribution is -2.30. The largest absolute Gasteiger partial charge is 0.472 e. The summed E-state index contributed by atoms with van der Waals surface area (Å²) in [5.74, 6) is 0.359. The van der Waals surface area contributed by atoms with E-state index in [1.165, 1.54) is 283 Å². The zero-order valence-corrected chi connectivity index (χ0v) is 73.1. The summed E-state index contributed by atoms with van der Waals surface area (Å²) in [6.45, 7) is 12.1. The molecule has 19 heteroatoms. The summed E-state index contributed by atoms with van der Waals surface area (Å²) < 4.78 is 69.0. The highest BCUT2D eigenvalue weighted by Crippen LogP contribution is 2.45. The minimum absolute atomic E-state index is 0.108. The summed E-state index contributed by atoms with van der Waals surface area (Å²) in [5.41, 5.74) is 0. The first-order valence-electron chi connectivity index (χ1n) is 45.9. The number of ether oxygens (including phenoxy) is 4. The van der Waals surface area contributed by atoms with E-state index >= 15 is 0 Å². The van der Waals surface area contributed by atoms with Gasteiger partial charge in [-0.2, -0.15) is 0 Å². The zero-order chi connectivity index (χ0) is 79.3. The number of hydrogen-bond acceptors (Lipinski definition) is 15. The van der Waals surface area contributed by atoms with E-state index in [4.69, 9.17) is 37.0 Å². The van der Waals surface area contributed by atoms with Gasteiger partial charge >= 0.3 is 39.5 Å². The standard InChI is InChI=1S/C89H174O17P2/c1-8-10-11-12-13-14-15-25-35-42-49-56-63-70-86(91)99-76-84(106-89(94)73-66-59-52-45-38-31-24-27-33-40-47-54-61-68-81(5)6)78-103-107(95,96)101-74-83(90)75-102-108(97,98)104-79-85(77-100-87(92)71-64-57-50-43-36-29-23-22-28-34-41-48-55-62-69-82(7)9-2)105-88(93)72-65-58-51-44-37-30-21-19-17-16-18-20-26-32-39-46-53-60-67-80(3)4/h80-85,90H,8-79H2,1-7H3,(H,95,96)(H,97,98)/t82?,83-,84+,85+/m0/s1. The van der Waals surface area contributed by atoms with Crippen molar-refractivity contribution in [3.8, 4) is 0 Å². The number of phosphoric acid groups is 2. The number of esters is 4. The molecular formula is C89H174O17P2. The van der Waals surface area contributed by atoms with Crippen molar-refractivity contribution in [1.82, 2.24) is 0 Å². The van der Waals surface area contributed by atoms with Gasteiger partial charge in [0.15, 0.2) is 12.2 Å². The Kier molecular flexibility index (Phi) is 77.5. The van der Waals surface area contributed by atoms with Gasteiger partial charge in [0.05, 0.1) is 26.4 Å². The van der Waals surface area contributed by atoms with Crippen LogP contribution in [0, 0.1) is 17.8 Å². The molecule has 0 spiro atoms. The highest BCUT2D eigenvalue weighted by Gasteiger charge is 2.31. The molecule has 0 aromatic carbocycles. The second-order valence-electron chi connectivity index (χ2n) is 33.2. The molecule has 0 fully saturated rings. The Morgan fingerprint density at radius 2 is 0.472 bits per heavy atom. The second-order valence-corrected chi connectivity index (χ2v) is 36.1. The van der Waals surface area contributed by atoms with Gasteiger partial charge in [-0.3, -0.25) is 37.3 Å². The molecule has 3 N–H and O–H groups in total. The highest BCUT2D eigenvalue weighted by molar-refractivity contribution is 7.47. The van der Waals surface area contributed by atoms with Crippen molar-refractivity contribution in [3.05, 3.63) is 0 Å². The van der Waals surface area contributed by atoms with Crippen LogP contribution in [-0.2, 0) is 65.4 Å². The normalized spacial score (nSPS) is 14.1. The fourth-order valence-corrected chi connectivity index (χ4v) is 15.4. The fraction of sp³-hybridized carbons (Fsp3) is 0.955. The maximum Gasteiger partial charge on any atom is 0.472 e. The molecule has 0 heterocycles. The minimum Gasteiger partial charge on any atom is -0.462 e. The molecule has 17 nitrogen and oxygen atoms in total. The molecular weight excluding hydrogens is 1400 g/mol. The van der Waals surface area contributed by atoms with Crippen molar-refractivity contribution >= 4 is 39.5 Å². The Hall–Kier alpha value is -1.94. The first kappa shape index (κ1) is 106. The number of rotatable bonds is 87. The van der Waals surface area contributed by atoms with E-state index in [1.807, 2.05) is 0 Å². The smallest absolute Gasteiger partial charge is 0.462 e. The van der Waals surface area contributed by atoms with Crippen LogP contribution in [0.15, 0.2) is 0 Å². The van der Waals surface area contributed by atoms with Gasteiger partial charge in [0.1, 0.15) is 19.3 Å². The van der Waals surface area contributed by atoms with Gasteiger partial charge in [-0.25, -0.2) is 9.13 Å². The Morgan fingerprint density at radius 3 is 0.704 bits per heavy atom. The summed E-state index contributed by atoms with van der Waals surface area (Å²) in [5, 5.41) is 10.7. The Bertz CT molecular complexity index is 2080. The number of aliphatic hydroxyl groups excluding tert-OH is 1. The number of unbranched alkanes of at least 4 members (excludes halogenated alkanes) is 54. The average Bonchev–Trinajstić information content (AvgIpc) is 0.900. The third-order valence-corrected chi connectivity index (χ3v) is 23.1. The second kappa shape index (κ2) is 78.9. The van der Waals surface area contributed by atoms with E-state index in [-0.39, 0.29) is 25.7 Å². The average molecular weight is 1580 g/mol. The lowest BCUT2D eigenvalue weighted by molar-refractivity contribution is -0.161. The molecule has 0 aliphatic rings. The molecule has 0 saturated carbocycles. The van der Waals surface area contributed by atoms with Crippen molar-refractivity contribution in [2.45, 2.75) is 491 Å². The van der Waals surface area contributed by atoms with E-state index in [2.05, 4.69) is 48.5 Å². The zero-order valence-electron chi connectivity index (χ0n) is 71.3. The predicted octanol–water partition coefficient (Wildman–Crippen LogP) is 27.3. The number of hydrogen-bond donors (Lipinski definition) is 3. The molecule has 6 atom stereocenters. The van der Waals surface area contributed by atoms with Crippen LogP contribution in [0.3, 0.4) is 0 Å². The molecule has 0 bridgehead atoms. The maximum atomic E-state index is 13.2. The van der Waals surface area contributed by atoms with Gasteiger partial charge < -0.3 is 33.8 Å². The lowest BCUT2D eigenvalue weighted by Gasteiger charge is -2.21. The predicted molar refractivity (Wildman–Crippen MR) is 446 cm³/mol. The Labute approximate surface area is 664 Å². The molecule has 3 unspecified atom stereocenters. The summed E-state index contributed by atoms with van der Waals surface area (Å²) in [6, 6.07) is 0. The van der Waals surface area contributed by atoms with Crippen molar-refractivity contribution < 1.29 is 80.2 Å². The number of phosphoric ester groups is 2. The molecule has 642 valence electrons. The van der Waals surface area contributed by atoms with Gasteiger partial charge in [0, 0.05) is 25.7 Å². The van der Waals surface area contributed by atoms with Gasteiger partial charge in [-0.05, 0) is 43.4 Å². The molecule has 108 heavy (non-hydrogen) atoms. The van der Waals surface area contributed by atoms with E-state index in [9.17, 15) is 43.2 Å². The number of carbonyl (C=O) groups is 4. The molecule has 0 amide bonds. The van der Waals surface area contributed by atoms with Gasteiger partial charge in [-0.1, -0.05) is 421 Å². The van der Waals surface area contributed by atoms with Crippen LogP contribution in [0.4, 0.5) is 0 Å². The number of aliphatic hydroxyl groups is 1. The molecule has 0 aliphatic heterocycles. The van der Waals surface area contributed by atoms with E-state index < -0.39 is 97.5 Å². The first-order chi connectivity index (χ1) is 52.3.